The summed E-state index contributed by atoms with van der Waals surface area (Å²) in [6.45, 7) is 5.19. The highest BCUT2D eigenvalue weighted by molar-refractivity contribution is 6.07. The molecule has 2 aliphatic heterocycles. The topological polar surface area (TPSA) is 106 Å². The monoisotopic (exact) mass is 401 g/mol. The molecule has 1 saturated heterocycles. The Balaban J connectivity index is 1.42. The van der Waals surface area contributed by atoms with Crippen LogP contribution >= 0.6 is 0 Å². The van der Waals surface area contributed by atoms with Crippen molar-refractivity contribution < 1.29 is 23.9 Å². The summed E-state index contributed by atoms with van der Waals surface area (Å²) in [6, 6.07) is 5.19. The van der Waals surface area contributed by atoms with Gasteiger partial charge in [0.2, 0.25) is 5.91 Å². The lowest BCUT2D eigenvalue weighted by Crippen LogP contribution is -2.51. The summed E-state index contributed by atoms with van der Waals surface area (Å²) in [6.07, 6.45) is 2.06. The summed E-state index contributed by atoms with van der Waals surface area (Å²) < 4.78 is 11.3. The van der Waals surface area contributed by atoms with Gasteiger partial charge in [0.1, 0.15) is 18.8 Å². The van der Waals surface area contributed by atoms with Crippen molar-refractivity contribution in [3.8, 4) is 11.5 Å². The molecule has 1 aliphatic carbocycles. The summed E-state index contributed by atoms with van der Waals surface area (Å²) >= 11 is 0. The predicted octanol–water partition coefficient (Wildman–Crippen LogP) is 2.04. The van der Waals surface area contributed by atoms with Crippen LogP contribution in [-0.4, -0.2) is 36.6 Å². The molecule has 2 heterocycles. The predicted molar refractivity (Wildman–Crippen MR) is 105 cm³/mol. The fraction of sp³-hybridized carbons (Fsp3) is 0.571. The third-order valence-electron chi connectivity index (χ3n) is 6.11. The lowest BCUT2D eigenvalue weighted by molar-refractivity contribution is -0.131. The average Bonchev–Trinajstić information content (AvgIpc) is 2.98. The Morgan fingerprint density at radius 2 is 1.83 bits per heavy atom. The number of hydrogen-bond acceptors (Lipinski definition) is 5. The Hall–Kier alpha value is -2.77. The van der Waals surface area contributed by atoms with E-state index in [1.165, 1.54) is 0 Å². The lowest BCUT2D eigenvalue weighted by atomic mass is 9.76. The van der Waals surface area contributed by atoms with Crippen LogP contribution in [0.5, 0.6) is 11.5 Å². The van der Waals surface area contributed by atoms with Gasteiger partial charge in [-0.1, -0.05) is 19.9 Å². The van der Waals surface area contributed by atoms with Gasteiger partial charge in [-0.15, -0.1) is 0 Å². The van der Waals surface area contributed by atoms with Crippen molar-refractivity contribution in [2.75, 3.05) is 13.2 Å². The highest BCUT2D eigenvalue weighted by atomic mass is 16.6. The van der Waals surface area contributed by atoms with Gasteiger partial charge in [-0.25, -0.2) is 4.79 Å². The zero-order valence-electron chi connectivity index (χ0n) is 16.7. The van der Waals surface area contributed by atoms with E-state index in [0.717, 1.165) is 11.3 Å². The van der Waals surface area contributed by atoms with E-state index in [1.54, 1.807) is 0 Å². The molecular formula is C21H27N3O5. The first-order chi connectivity index (χ1) is 13.9. The molecule has 3 N–H and O–H groups in total. The number of carbonyl (C=O) groups is 3. The van der Waals surface area contributed by atoms with Gasteiger partial charge in [-0.2, -0.15) is 0 Å². The van der Waals surface area contributed by atoms with Crippen LogP contribution in [0.4, 0.5) is 4.79 Å². The maximum Gasteiger partial charge on any atom is 0.322 e. The molecule has 1 aromatic rings. The highest BCUT2D eigenvalue weighted by Gasteiger charge is 2.49. The largest absolute Gasteiger partial charge is 0.486 e. The first kappa shape index (κ1) is 19.5. The van der Waals surface area contributed by atoms with Crippen LogP contribution in [0, 0.1) is 11.8 Å². The van der Waals surface area contributed by atoms with Crippen molar-refractivity contribution in [1.29, 1.82) is 0 Å². The van der Waals surface area contributed by atoms with Crippen LogP contribution in [0.3, 0.4) is 0 Å². The van der Waals surface area contributed by atoms with E-state index in [0.29, 0.717) is 44.6 Å². The van der Waals surface area contributed by atoms with Gasteiger partial charge in [0.15, 0.2) is 11.5 Å². The average molecular weight is 401 g/mol. The molecule has 1 saturated carbocycles. The second-order valence-corrected chi connectivity index (χ2v) is 8.40. The van der Waals surface area contributed by atoms with E-state index in [2.05, 4.69) is 29.8 Å². The van der Waals surface area contributed by atoms with Crippen LogP contribution in [0.15, 0.2) is 18.2 Å². The number of nitrogens with one attached hydrogen (secondary N) is 3. The van der Waals surface area contributed by atoms with Crippen molar-refractivity contribution in [2.45, 2.75) is 51.1 Å². The van der Waals surface area contributed by atoms with Crippen molar-refractivity contribution in [2.24, 2.45) is 11.8 Å². The molecule has 0 bridgehead atoms. The zero-order valence-corrected chi connectivity index (χ0v) is 16.7. The second kappa shape index (κ2) is 7.57. The number of amides is 4. The number of fused-ring (bicyclic) bond motifs is 1. The third-order valence-corrected chi connectivity index (χ3v) is 6.11. The molecule has 29 heavy (non-hydrogen) atoms. The van der Waals surface area contributed by atoms with Gasteiger partial charge >= 0.3 is 6.03 Å². The van der Waals surface area contributed by atoms with Crippen molar-refractivity contribution in [3.63, 3.8) is 0 Å². The van der Waals surface area contributed by atoms with Crippen LogP contribution in [0.25, 0.3) is 0 Å². The maximum atomic E-state index is 13.0. The number of urea groups is 1. The summed E-state index contributed by atoms with van der Waals surface area (Å²) in [4.78, 5) is 36.5. The number of rotatable bonds is 4. The minimum atomic E-state index is -0.846. The molecule has 1 spiro atoms. The van der Waals surface area contributed by atoms with Gasteiger partial charge in [0.05, 0.1) is 6.04 Å². The van der Waals surface area contributed by atoms with Crippen molar-refractivity contribution in [3.05, 3.63) is 23.8 Å². The van der Waals surface area contributed by atoms with Gasteiger partial charge in [0, 0.05) is 5.92 Å². The standard InChI is InChI=1S/C21H27N3O5/c1-12(2)17(14-3-4-15-16(11-14)29-10-9-28-15)22-18(25)13-5-7-21(8-6-13)19(26)23-20(27)24-21/h3-4,11-13,17H,5-10H2,1-2H3,(H,22,25)(H2,23,24,26,27). The molecule has 1 unspecified atom stereocenters. The number of ether oxygens (including phenoxy) is 2. The molecule has 8 heteroatoms. The van der Waals surface area contributed by atoms with E-state index in [4.69, 9.17) is 9.47 Å². The Labute approximate surface area is 169 Å². The molecule has 2 fully saturated rings. The fourth-order valence-electron chi connectivity index (χ4n) is 4.41. The van der Waals surface area contributed by atoms with Gasteiger partial charge < -0.3 is 20.1 Å². The minimum absolute atomic E-state index is 0.0156. The van der Waals surface area contributed by atoms with Crippen molar-refractivity contribution in [1.82, 2.24) is 16.0 Å². The molecule has 4 amide bonds. The fourth-order valence-corrected chi connectivity index (χ4v) is 4.41. The third kappa shape index (κ3) is 3.75. The van der Waals surface area contributed by atoms with Gasteiger partial charge in [0.25, 0.3) is 5.91 Å². The number of carbonyl (C=O) groups excluding carboxylic acids is 3. The second-order valence-electron chi connectivity index (χ2n) is 8.40. The van der Waals surface area contributed by atoms with Gasteiger partial charge in [-0.3, -0.25) is 14.9 Å². The molecular weight excluding hydrogens is 374 g/mol. The van der Waals surface area contributed by atoms with E-state index in [9.17, 15) is 14.4 Å². The molecule has 0 radical (unpaired) electrons. The SMILES string of the molecule is CC(C)C(NC(=O)C1CCC2(CC1)NC(=O)NC2=O)c1ccc2c(c1)OCCO2. The maximum absolute atomic E-state index is 13.0. The molecule has 0 aromatic heterocycles. The highest BCUT2D eigenvalue weighted by Crippen LogP contribution is 2.37. The number of imide groups is 1. The summed E-state index contributed by atoms with van der Waals surface area (Å²) in [5.41, 5.74) is 0.133. The lowest BCUT2D eigenvalue weighted by Gasteiger charge is -2.35. The first-order valence-corrected chi connectivity index (χ1v) is 10.2. The van der Waals surface area contributed by atoms with Crippen LogP contribution in [0.2, 0.25) is 0 Å². The summed E-state index contributed by atoms with van der Waals surface area (Å²) in [7, 11) is 0. The van der Waals surface area contributed by atoms with E-state index in [1.807, 2.05) is 18.2 Å². The van der Waals surface area contributed by atoms with Crippen LogP contribution in [0.1, 0.15) is 51.1 Å². The van der Waals surface area contributed by atoms with E-state index in [-0.39, 0.29) is 29.7 Å². The van der Waals surface area contributed by atoms with Crippen LogP contribution in [-0.2, 0) is 9.59 Å². The number of hydrogen-bond donors (Lipinski definition) is 3. The zero-order chi connectivity index (χ0) is 20.6. The Morgan fingerprint density at radius 3 is 2.45 bits per heavy atom. The van der Waals surface area contributed by atoms with Gasteiger partial charge in [-0.05, 0) is 49.3 Å². The Kier molecular flexibility index (Phi) is 5.10. The molecule has 1 aromatic carbocycles. The Morgan fingerprint density at radius 1 is 1.14 bits per heavy atom. The quantitative estimate of drug-likeness (QED) is 0.670. The smallest absolute Gasteiger partial charge is 0.322 e. The molecule has 8 nitrogen and oxygen atoms in total. The molecule has 3 aliphatic rings. The Bertz CT molecular complexity index is 830. The summed E-state index contributed by atoms with van der Waals surface area (Å²) in [5, 5.41) is 8.22. The molecule has 4 rings (SSSR count). The molecule has 156 valence electrons. The first-order valence-electron chi connectivity index (χ1n) is 10.2. The minimum Gasteiger partial charge on any atom is -0.486 e. The van der Waals surface area contributed by atoms with Crippen LogP contribution < -0.4 is 25.4 Å². The van der Waals surface area contributed by atoms with Crippen molar-refractivity contribution >= 4 is 17.8 Å². The number of benzene rings is 1. The molecule has 1 atom stereocenters. The van der Waals surface area contributed by atoms with E-state index >= 15 is 0 Å². The van der Waals surface area contributed by atoms with E-state index < -0.39 is 11.6 Å². The normalized spacial score (nSPS) is 26.8. The summed E-state index contributed by atoms with van der Waals surface area (Å²) in [5.74, 6) is 1.15.